The maximum Gasteiger partial charge on any atom is 0.293 e. The number of imidazole rings is 1. The number of aromatic nitrogens is 5. The molecule has 8 nitrogen and oxygen atoms in total. The largest absolute Gasteiger partial charge is 0.301 e. The van der Waals surface area contributed by atoms with Crippen LogP contribution in [0.15, 0.2) is 27.7 Å². The minimum atomic E-state index is -0.222. The summed E-state index contributed by atoms with van der Waals surface area (Å²) in [7, 11) is 1.79. The number of anilines is 1. The molecular weight excluding hydrogens is 465 g/mol. The van der Waals surface area contributed by atoms with Crippen molar-refractivity contribution in [2.45, 2.75) is 6.54 Å². The first-order valence-corrected chi connectivity index (χ1v) is 8.90. The number of carbonyl (C=O) groups excluding carboxylic acids is 1. The first kappa shape index (κ1) is 15.9. The molecule has 0 N–H and O–H groups in total. The highest BCUT2D eigenvalue weighted by atomic mass is 79.9. The number of hydrazine groups is 1. The van der Waals surface area contributed by atoms with Crippen LogP contribution in [-0.4, -0.2) is 48.7 Å². The molecule has 24 heavy (non-hydrogen) atoms. The molecule has 0 spiro atoms. The zero-order chi connectivity index (χ0) is 17.0. The molecular formula is C13H10Br2ClN7O. The number of nitrogens with zero attached hydrogens (tertiary/aromatic N) is 7. The fourth-order valence-corrected chi connectivity index (χ4v) is 3.56. The Morgan fingerprint density at radius 1 is 1.33 bits per heavy atom. The maximum absolute atomic E-state index is 12.9. The lowest BCUT2D eigenvalue weighted by Crippen LogP contribution is -2.50. The summed E-state index contributed by atoms with van der Waals surface area (Å²) in [6.07, 6.45) is 3.13. The molecule has 0 atom stereocenters. The average molecular weight is 476 g/mol. The van der Waals surface area contributed by atoms with Gasteiger partial charge in [-0.25, -0.2) is 19.5 Å². The van der Waals surface area contributed by atoms with Crippen molar-refractivity contribution in [1.82, 2.24) is 29.2 Å². The quantitative estimate of drug-likeness (QED) is 0.541. The lowest BCUT2D eigenvalue weighted by Gasteiger charge is -2.36. The van der Waals surface area contributed by atoms with Crippen molar-refractivity contribution in [3.8, 4) is 0 Å². The lowest BCUT2D eigenvalue weighted by atomic mass is 10.3. The van der Waals surface area contributed by atoms with E-state index in [0.717, 1.165) is 4.60 Å². The van der Waals surface area contributed by atoms with E-state index in [1.165, 1.54) is 10.7 Å². The molecule has 0 aliphatic carbocycles. The SMILES string of the molecule is CN1c2nc(Br)c(Br)n2CCN1C(=O)c1cc2ncc(Cl)cn2n1. The Labute approximate surface area is 158 Å². The average Bonchev–Trinajstić information content (AvgIpc) is 3.10. The number of fused-ring (bicyclic) bond motifs is 2. The van der Waals surface area contributed by atoms with Gasteiger partial charge in [0.05, 0.1) is 17.8 Å². The Kier molecular flexibility index (Phi) is 3.77. The van der Waals surface area contributed by atoms with Crippen LogP contribution in [0.1, 0.15) is 10.5 Å². The number of halogens is 3. The van der Waals surface area contributed by atoms with E-state index in [9.17, 15) is 4.79 Å². The smallest absolute Gasteiger partial charge is 0.293 e. The van der Waals surface area contributed by atoms with Crippen LogP contribution in [-0.2, 0) is 6.54 Å². The van der Waals surface area contributed by atoms with Gasteiger partial charge in [-0.05, 0) is 31.9 Å². The molecule has 0 unspecified atom stereocenters. The van der Waals surface area contributed by atoms with E-state index < -0.39 is 0 Å². The van der Waals surface area contributed by atoms with E-state index in [4.69, 9.17) is 11.6 Å². The van der Waals surface area contributed by atoms with Crippen LogP contribution in [0.5, 0.6) is 0 Å². The Bertz CT molecular complexity index is 969. The fourth-order valence-electron chi connectivity index (χ4n) is 2.62. The third-order valence-electron chi connectivity index (χ3n) is 3.77. The van der Waals surface area contributed by atoms with Crippen molar-refractivity contribution in [3.05, 3.63) is 38.4 Å². The zero-order valence-electron chi connectivity index (χ0n) is 12.3. The molecule has 4 heterocycles. The van der Waals surface area contributed by atoms with Gasteiger partial charge in [0.1, 0.15) is 9.21 Å². The number of carbonyl (C=O) groups is 1. The van der Waals surface area contributed by atoms with Gasteiger partial charge in [-0.3, -0.25) is 9.80 Å². The Hall–Kier alpha value is -1.65. The van der Waals surface area contributed by atoms with Crippen LogP contribution in [0, 0.1) is 0 Å². The van der Waals surface area contributed by atoms with E-state index in [-0.39, 0.29) is 5.91 Å². The van der Waals surface area contributed by atoms with E-state index in [2.05, 4.69) is 46.9 Å². The molecule has 0 saturated heterocycles. The molecule has 4 rings (SSSR count). The summed E-state index contributed by atoms with van der Waals surface area (Å²) < 4.78 is 5.03. The lowest BCUT2D eigenvalue weighted by molar-refractivity contribution is 0.0710. The fraction of sp³-hybridized carbons (Fsp3) is 0.231. The second-order valence-corrected chi connectivity index (χ2v) is 7.14. The van der Waals surface area contributed by atoms with Crippen LogP contribution in [0.3, 0.4) is 0 Å². The van der Waals surface area contributed by atoms with Gasteiger partial charge in [0.2, 0.25) is 5.95 Å². The molecule has 3 aromatic heterocycles. The molecule has 0 saturated carbocycles. The Balaban J connectivity index is 1.68. The van der Waals surface area contributed by atoms with Gasteiger partial charge in [0.15, 0.2) is 11.3 Å². The highest BCUT2D eigenvalue weighted by molar-refractivity contribution is 9.13. The first-order chi connectivity index (χ1) is 11.5. The van der Waals surface area contributed by atoms with Crippen LogP contribution in [0.2, 0.25) is 5.02 Å². The number of hydrogen-bond acceptors (Lipinski definition) is 5. The van der Waals surface area contributed by atoms with Gasteiger partial charge in [0, 0.05) is 25.9 Å². The molecule has 0 fully saturated rings. The number of rotatable bonds is 1. The molecule has 1 amide bonds. The molecule has 1 aliphatic rings. The van der Waals surface area contributed by atoms with Crippen LogP contribution < -0.4 is 5.01 Å². The van der Waals surface area contributed by atoms with Crippen LogP contribution in [0.25, 0.3) is 5.65 Å². The summed E-state index contributed by atoms with van der Waals surface area (Å²) in [6.45, 7) is 1.13. The van der Waals surface area contributed by atoms with E-state index >= 15 is 0 Å². The topological polar surface area (TPSA) is 71.6 Å². The standard InChI is InChI=1S/C13H10Br2ClN7O/c1-20-13-18-10(14)11(15)21(13)2-3-23(20)12(24)8-4-9-17-5-7(16)6-22(9)19-8/h4-6H,2-3H2,1H3. The highest BCUT2D eigenvalue weighted by Crippen LogP contribution is 2.31. The Morgan fingerprint density at radius 2 is 2.12 bits per heavy atom. The predicted octanol–water partition coefficient (Wildman–Crippen LogP) is 2.61. The second-order valence-electron chi connectivity index (χ2n) is 5.20. The highest BCUT2D eigenvalue weighted by Gasteiger charge is 2.31. The van der Waals surface area contributed by atoms with Crippen molar-refractivity contribution in [2.24, 2.45) is 0 Å². The normalized spacial score (nSPS) is 14.3. The predicted molar refractivity (Wildman–Crippen MR) is 95.1 cm³/mol. The summed E-state index contributed by atoms with van der Waals surface area (Å²) >= 11 is 12.8. The molecule has 3 aromatic rings. The monoisotopic (exact) mass is 473 g/mol. The Morgan fingerprint density at radius 3 is 2.92 bits per heavy atom. The molecule has 11 heteroatoms. The summed E-state index contributed by atoms with van der Waals surface area (Å²) in [5.74, 6) is 0.443. The molecule has 1 aliphatic heterocycles. The van der Waals surface area contributed by atoms with Crippen molar-refractivity contribution < 1.29 is 4.79 Å². The van der Waals surface area contributed by atoms with E-state index in [0.29, 0.717) is 40.0 Å². The summed E-state index contributed by atoms with van der Waals surface area (Å²) in [5, 5.41) is 8.04. The van der Waals surface area contributed by atoms with E-state index in [1.54, 1.807) is 29.3 Å². The summed E-state index contributed by atoms with van der Waals surface area (Å²) in [5.41, 5.74) is 0.865. The van der Waals surface area contributed by atoms with Crippen molar-refractivity contribution in [1.29, 1.82) is 0 Å². The zero-order valence-corrected chi connectivity index (χ0v) is 16.2. The number of hydrogen-bond donors (Lipinski definition) is 0. The van der Waals surface area contributed by atoms with Gasteiger partial charge in [-0.2, -0.15) is 5.10 Å². The van der Waals surface area contributed by atoms with Gasteiger partial charge >= 0.3 is 0 Å². The minimum absolute atomic E-state index is 0.222. The van der Waals surface area contributed by atoms with Crippen molar-refractivity contribution >= 4 is 61.0 Å². The minimum Gasteiger partial charge on any atom is -0.301 e. The third-order valence-corrected chi connectivity index (χ3v) is 5.85. The van der Waals surface area contributed by atoms with Crippen LogP contribution in [0.4, 0.5) is 5.95 Å². The van der Waals surface area contributed by atoms with Gasteiger partial charge < -0.3 is 4.57 Å². The first-order valence-electron chi connectivity index (χ1n) is 6.93. The van der Waals surface area contributed by atoms with Crippen LogP contribution >= 0.6 is 43.5 Å². The van der Waals surface area contributed by atoms with Gasteiger partial charge in [-0.1, -0.05) is 11.6 Å². The summed E-state index contributed by atoms with van der Waals surface area (Å²) in [4.78, 5) is 21.4. The van der Waals surface area contributed by atoms with Crippen molar-refractivity contribution in [3.63, 3.8) is 0 Å². The molecule has 0 radical (unpaired) electrons. The summed E-state index contributed by atoms with van der Waals surface area (Å²) in [6, 6.07) is 1.64. The van der Waals surface area contributed by atoms with Gasteiger partial charge in [-0.15, -0.1) is 0 Å². The third kappa shape index (κ3) is 2.40. The maximum atomic E-state index is 12.9. The molecule has 0 aromatic carbocycles. The number of amides is 1. The van der Waals surface area contributed by atoms with Gasteiger partial charge in [0.25, 0.3) is 5.91 Å². The molecule has 0 bridgehead atoms. The molecule has 124 valence electrons. The second kappa shape index (κ2) is 5.71. The van der Waals surface area contributed by atoms with Crippen molar-refractivity contribution in [2.75, 3.05) is 18.6 Å². The van der Waals surface area contributed by atoms with E-state index in [1.807, 2.05) is 4.57 Å².